The number of benzene rings is 1. The van der Waals surface area contributed by atoms with Gasteiger partial charge >= 0.3 is 0 Å². The highest BCUT2D eigenvalue weighted by Gasteiger charge is 2.25. The van der Waals surface area contributed by atoms with E-state index < -0.39 is 0 Å². The van der Waals surface area contributed by atoms with Crippen LogP contribution in [0.25, 0.3) is 33.4 Å². The second-order valence-corrected chi connectivity index (χ2v) is 7.97. The van der Waals surface area contributed by atoms with Gasteiger partial charge in [0.15, 0.2) is 0 Å². The van der Waals surface area contributed by atoms with Gasteiger partial charge in [0, 0.05) is 47.3 Å². The molecule has 0 saturated carbocycles. The van der Waals surface area contributed by atoms with Crippen LogP contribution in [-0.4, -0.2) is 30.6 Å². The van der Waals surface area contributed by atoms with Gasteiger partial charge in [-0.05, 0) is 60.9 Å². The zero-order chi connectivity index (χ0) is 22.2. The van der Waals surface area contributed by atoms with Crippen LogP contribution in [-0.2, 0) is 13.0 Å². The highest BCUT2D eigenvalue weighted by Crippen LogP contribution is 2.39. The predicted octanol–water partition coefficient (Wildman–Crippen LogP) is 4.75. The van der Waals surface area contributed by atoms with E-state index in [1.807, 2.05) is 54.6 Å². The lowest BCUT2D eigenvalue weighted by Gasteiger charge is -2.10. The molecule has 6 rings (SSSR count). The minimum absolute atomic E-state index is 0.219. The van der Waals surface area contributed by atoms with Crippen LogP contribution in [0, 0.1) is 0 Å². The Kier molecular flexibility index (Phi) is 4.65. The first-order chi connectivity index (χ1) is 16.3. The molecule has 1 aliphatic rings. The molecule has 33 heavy (non-hydrogen) atoms. The van der Waals surface area contributed by atoms with Crippen molar-refractivity contribution >= 4 is 22.6 Å². The van der Waals surface area contributed by atoms with Crippen LogP contribution < -0.4 is 5.32 Å². The molecule has 5 aromatic rings. The second-order valence-electron chi connectivity index (χ2n) is 7.97. The van der Waals surface area contributed by atoms with Crippen LogP contribution in [0.3, 0.4) is 0 Å². The second kappa shape index (κ2) is 7.94. The van der Waals surface area contributed by atoms with E-state index in [1.54, 1.807) is 24.7 Å². The van der Waals surface area contributed by atoms with Crippen molar-refractivity contribution in [2.45, 2.75) is 19.4 Å². The van der Waals surface area contributed by atoms with Crippen molar-refractivity contribution in [3.8, 4) is 22.5 Å². The maximum absolute atomic E-state index is 12.8. The van der Waals surface area contributed by atoms with Crippen LogP contribution >= 0.6 is 0 Å². The van der Waals surface area contributed by atoms with E-state index in [1.165, 1.54) is 5.69 Å². The topological polar surface area (TPSA) is 85.6 Å². The molecule has 0 radical (unpaired) electrons. The fourth-order valence-electron chi connectivity index (χ4n) is 4.43. The van der Waals surface area contributed by atoms with Gasteiger partial charge in [-0.3, -0.25) is 19.4 Å². The number of nitrogens with one attached hydrogen (secondary N) is 1. The summed E-state index contributed by atoms with van der Waals surface area (Å²) in [7, 11) is 0. The van der Waals surface area contributed by atoms with E-state index >= 15 is 0 Å². The Morgan fingerprint density at radius 2 is 1.79 bits per heavy atom. The van der Waals surface area contributed by atoms with E-state index in [0.717, 1.165) is 52.8 Å². The molecule has 7 heteroatoms. The maximum Gasteiger partial charge on any atom is 0.256 e. The summed E-state index contributed by atoms with van der Waals surface area (Å²) >= 11 is 0. The van der Waals surface area contributed by atoms with Crippen molar-refractivity contribution in [1.29, 1.82) is 0 Å². The predicted molar refractivity (Wildman–Crippen MR) is 127 cm³/mol. The van der Waals surface area contributed by atoms with Gasteiger partial charge in [0.2, 0.25) is 0 Å². The van der Waals surface area contributed by atoms with Gasteiger partial charge in [-0.2, -0.15) is 5.10 Å². The number of hydrogen-bond acceptors (Lipinski definition) is 5. The van der Waals surface area contributed by atoms with Crippen LogP contribution in [0.2, 0.25) is 0 Å². The van der Waals surface area contributed by atoms with Gasteiger partial charge in [0.05, 0.1) is 11.2 Å². The number of rotatable bonds is 4. The van der Waals surface area contributed by atoms with Gasteiger partial charge in [0.25, 0.3) is 5.91 Å². The molecule has 0 unspecified atom stereocenters. The number of nitrogens with zero attached hydrogens (tertiary/aromatic N) is 5. The molecule has 1 amide bonds. The van der Waals surface area contributed by atoms with E-state index in [9.17, 15) is 4.79 Å². The van der Waals surface area contributed by atoms with Gasteiger partial charge in [0.1, 0.15) is 11.5 Å². The van der Waals surface area contributed by atoms with Gasteiger partial charge in [-0.15, -0.1) is 0 Å². The molecule has 7 nitrogen and oxygen atoms in total. The smallest absolute Gasteiger partial charge is 0.256 e. The quantitative estimate of drug-likeness (QED) is 0.443. The molecule has 0 saturated heterocycles. The third-order valence-electron chi connectivity index (χ3n) is 5.93. The Hall–Kier alpha value is -4.39. The van der Waals surface area contributed by atoms with E-state index in [-0.39, 0.29) is 5.91 Å². The first kappa shape index (κ1) is 19.3. The fourth-order valence-corrected chi connectivity index (χ4v) is 4.43. The van der Waals surface area contributed by atoms with Gasteiger partial charge in [-0.25, -0.2) is 4.98 Å². The van der Waals surface area contributed by atoms with Crippen LogP contribution in [0.15, 0.2) is 79.3 Å². The molecule has 5 heterocycles. The summed E-state index contributed by atoms with van der Waals surface area (Å²) in [4.78, 5) is 26.0. The number of aryl methyl sites for hydroxylation is 1. The van der Waals surface area contributed by atoms with Crippen LogP contribution in [0.5, 0.6) is 0 Å². The largest absolute Gasteiger partial charge is 0.307 e. The lowest BCUT2D eigenvalue weighted by molar-refractivity contribution is 0.102. The Morgan fingerprint density at radius 3 is 2.61 bits per heavy atom. The molecular weight excluding hydrogens is 412 g/mol. The number of fused-ring (bicyclic) bond motifs is 2. The number of hydrogen-bond donors (Lipinski definition) is 1. The maximum atomic E-state index is 12.8. The van der Waals surface area contributed by atoms with Gasteiger partial charge in [-0.1, -0.05) is 18.2 Å². The molecule has 0 aliphatic carbocycles. The molecule has 0 fully saturated rings. The molecule has 1 aromatic carbocycles. The zero-order valence-electron chi connectivity index (χ0n) is 17.8. The SMILES string of the molecule is O=C(Nc1ccccn1)c1ccc2c(-c3c(-c4ccccn4)nn4c3CCC4)ccnc2c1. The number of pyridine rings is 3. The third-order valence-corrected chi connectivity index (χ3v) is 5.93. The van der Waals surface area contributed by atoms with Crippen molar-refractivity contribution in [3.05, 3.63) is 90.5 Å². The molecule has 0 atom stereocenters. The monoisotopic (exact) mass is 432 g/mol. The van der Waals surface area contributed by atoms with E-state index in [0.29, 0.717) is 11.4 Å². The Morgan fingerprint density at radius 1 is 0.909 bits per heavy atom. The molecule has 160 valence electrons. The molecular formula is C26H20N6O. The number of anilines is 1. The molecule has 4 aromatic heterocycles. The lowest BCUT2D eigenvalue weighted by atomic mass is 9.96. The first-order valence-corrected chi connectivity index (χ1v) is 10.9. The zero-order valence-corrected chi connectivity index (χ0v) is 17.8. The van der Waals surface area contributed by atoms with Crippen molar-refractivity contribution in [3.63, 3.8) is 0 Å². The highest BCUT2D eigenvalue weighted by atomic mass is 16.1. The average Bonchev–Trinajstić information content (AvgIpc) is 3.46. The number of carbonyl (C=O) groups is 1. The first-order valence-electron chi connectivity index (χ1n) is 10.9. The summed E-state index contributed by atoms with van der Waals surface area (Å²) in [5.41, 5.74) is 6.40. The normalized spacial score (nSPS) is 12.6. The van der Waals surface area contributed by atoms with Crippen molar-refractivity contribution in [1.82, 2.24) is 24.7 Å². The summed E-state index contributed by atoms with van der Waals surface area (Å²) in [6.07, 6.45) is 7.29. The minimum Gasteiger partial charge on any atom is -0.307 e. The number of amides is 1. The minimum atomic E-state index is -0.219. The lowest BCUT2D eigenvalue weighted by Crippen LogP contribution is -2.12. The Bertz CT molecular complexity index is 1480. The summed E-state index contributed by atoms with van der Waals surface area (Å²) in [6, 6.07) is 18.9. The van der Waals surface area contributed by atoms with Crippen molar-refractivity contribution in [2.75, 3.05) is 5.32 Å². The van der Waals surface area contributed by atoms with E-state index in [2.05, 4.69) is 25.0 Å². The molecule has 1 N–H and O–H groups in total. The Labute approximate surface area is 190 Å². The number of carbonyl (C=O) groups excluding carboxylic acids is 1. The average molecular weight is 432 g/mol. The summed E-state index contributed by atoms with van der Waals surface area (Å²) in [6.45, 7) is 0.913. The number of aromatic nitrogens is 5. The highest BCUT2D eigenvalue weighted by molar-refractivity contribution is 6.07. The van der Waals surface area contributed by atoms with E-state index in [4.69, 9.17) is 5.10 Å². The summed E-state index contributed by atoms with van der Waals surface area (Å²) < 4.78 is 2.10. The summed E-state index contributed by atoms with van der Waals surface area (Å²) in [5, 5.41) is 8.71. The summed E-state index contributed by atoms with van der Waals surface area (Å²) in [5.74, 6) is 0.295. The molecule has 0 spiro atoms. The van der Waals surface area contributed by atoms with Crippen molar-refractivity contribution < 1.29 is 4.79 Å². The fraction of sp³-hybridized carbons (Fsp3) is 0.115. The standard InChI is InChI=1S/C26H20N6O/c33-26(30-23-8-2-4-13-29-23)17-9-10-18-19(11-14-28-21(18)16-17)24-22-7-5-15-32(22)31-25(24)20-6-1-3-12-27-20/h1-4,6,8-14,16H,5,7,15H2,(H,29,30,33). The molecule has 1 aliphatic heterocycles. The van der Waals surface area contributed by atoms with Crippen molar-refractivity contribution in [2.24, 2.45) is 0 Å². The van der Waals surface area contributed by atoms with Crippen LogP contribution in [0.4, 0.5) is 5.82 Å². The van der Waals surface area contributed by atoms with Crippen LogP contribution in [0.1, 0.15) is 22.5 Å². The Balaban J connectivity index is 1.45. The third kappa shape index (κ3) is 3.43. The van der Waals surface area contributed by atoms with Gasteiger partial charge < -0.3 is 5.32 Å². The molecule has 0 bridgehead atoms.